The van der Waals surface area contributed by atoms with Crippen molar-refractivity contribution < 1.29 is 4.79 Å². The summed E-state index contributed by atoms with van der Waals surface area (Å²) in [6.45, 7) is 6.43. The maximum absolute atomic E-state index is 11.2. The van der Waals surface area contributed by atoms with Gasteiger partial charge in [0.2, 0.25) is 0 Å². The minimum atomic E-state index is 0.249. The van der Waals surface area contributed by atoms with Gasteiger partial charge in [0.15, 0.2) is 5.78 Å². The molecule has 1 aliphatic carbocycles. The quantitative estimate of drug-likeness (QED) is 0.564. The first-order valence-corrected chi connectivity index (χ1v) is 4.30. The lowest BCUT2D eigenvalue weighted by atomic mass is 9.78. The van der Waals surface area contributed by atoms with Gasteiger partial charge in [-0.25, -0.2) is 0 Å². The van der Waals surface area contributed by atoms with Crippen LogP contribution in [0.2, 0.25) is 0 Å². The Morgan fingerprint density at radius 1 is 1.55 bits per heavy atom. The van der Waals surface area contributed by atoms with E-state index in [-0.39, 0.29) is 5.41 Å². The highest BCUT2D eigenvalue weighted by atomic mass is 16.1. The van der Waals surface area contributed by atoms with E-state index in [1.807, 2.05) is 6.92 Å². The van der Waals surface area contributed by atoms with Crippen LogP contribution in [0.25, 0.3) is 0 Å². The molecule has 0 N–H and O–H groups in total. The number of hydrogen-bond donors (Lipinski definition) is 0. The summed E-state index contributed by atoms with van der Waals surface area (Å²) in [6, 6.07) is 0. The van der Waals surface area contributed by atoms with Crippen LogP contribution in [0.3, 0.4) is 0 Å². The molecule has 0 aromatic carbocycles. The van der Waals surface area contributed by atoms with Gasteiger partial charge in [0, 0.05) is 6.42 Å². The fraction of sp³-hybridized carbons (Fsp3) is 0.700. The van der Waals surface area contributed by atoms with E-state index in [0.717, 1.165) is 24.8 Å². The van der Waals surface area contributed by atoms with Gasteiger partial charge in [0.25, 0.3) is 0 Å². The second-order valence-corrected chi connectivity index (χ2v) is 3.93. The van der Waals surface area contributed by atoms with Crippen molar-refractivity contribution in [3.63, 3.8) is 0 Å². The van der Waals surface area contributed by atoms with Gasteiger partial charge in [0.05, 0.1) is 0 Å². The van der Waals surface area contributed by atoms with Gasteiger partial charge in [-0.3, -0.25) is 4.79 Å². The molecule has 11 heavy (non-hydrogen) atoms. The summed E-state index contributed by atoms with van der Waals surface area (Å²) in [6.07, 6.45) is 4.78. The Kier molecular flexibility index (Phi) is 2.17. The predicted molar refractivity (Wildman–Crippen MR) is 46.4 cm³/mol. The molecule has 62 valence electrons. The molecule has 0 aromatic heterocycles. The summed E-state index contributed by atoms with van der Waals surface area (Å²) in [7, 11) is 0. The molecule has 0 heterocycles. The largest absolute Gasteiger partial charge is 0.295 e. The summed E-state index contributed by atoms with van der Waals surface area (Å²) in [4.78, 5) is 11.2. The second kappa shape index (κ2) is 2.80. The highest BCUT2D eigenvalue weighted by Gasteiger charge is 2.24. The lowest BCUT2D eigenvalue weighted by Crippen LogP contribution is -2.19. The summed E-state index contributed by atoms with van der Waals surface area (Å²) >= 11 is 0. The van der Waals surface area contributed by atoms with Crippen molar-refractivity contribution in [1.29, 1.82) is 0 Å². The van der Waals surface area contributed by atoms with Crippen molar-refractivity contribution in [2.75, 3.05) is 0 Å². The molecule has 0 saturated carbocycles. The fourth-order valence-electron chi connectivity index (χ4n) is 1.52. The molecule has 0 radical (unpaired) electrons. The molecule has 0 fully saturated rings. The zero-order valence-corrected chi connectivity index (χ0v) is 7.61. The number of ketones is 1. The second-order valence-electron chi connectivity index (χ2n) is 3.93. The number of Topliss-reactive ketones (excluding diaryl/α,β-unsaturated/α-hetero) is 1. The molecular formula is C10H16O. The van der Waals surface area contributed by atoms with E-state index in [1.165, 1.54) is 0 Å². The minimum Gasteiger partial charge on any atom is -0.295 e. The molecule has 1 aliphatic rings. The number of carbonyl (C=O) groups excluding carboxylic acids is 1. The van der Waals surface area contributed by atoms with Crippen LogP contribution in [0.4, 0.5) is 0 Å². The van der Waals surface area contributed by atoms with Crippen molar-refractivity contribution in [3.8, 4) is 0 Å². The normalized spacial score (nSPS) is 23.2. The molecular weight excluding hydrogens is 136 g/mol. The Balaban J connectivity index is 2.86. The SMILES string of the molecule is CCC1=CC(C)(C)CCC1=O. The van der Waals surface area contributed by atoms with Crippen molar-refractivity contribution >= 4 is 5.78 Å². The molecule has 0 saturated heterocycles. The third-order valence-corrected chi connectivity index (χ3v) is 2.30. The Bertz CT molecular complexity index is 199. The average molecular weight is 152 g/mol. The molecule has 1 rings (SSSR count). The zero-order valence-electron chi connectivity index (χ0n) is 7.61. The number of carbonyl (C=O) groups is 1. The Hall–Kier alpha value is -0.590. The Morgan fingerprint density at radius 3 is 2.64 bits per heavy atom. The molecule has 0 aromatic rings. The van der Waals surface area contributed by atoms with Crippen molar-refractivity contribution in [2.24, 2.45) is 5.41 Å². The van der Waals surface area contributed by atoms with Gasteiger partial charge in [-0.2, -0.15) is 0 Å². The first kappa shape index (κ1) is 8.51. The summed E-state index contributed by atoms with van der Waals surface area (Å²) < 4.78 is 0. The van der Waals surface area contributed by atoms with Gasteiger partial charge in [0.1, 0.15) is 0 Å². The fourth-order valence-corrected chi connectivity index (χ4v) is 1.52. The van der Waals surface area contributed by atoms with Crippen LogP contribution in [-0.4, -0.2) is 5.78 Å². The van der Waals surface area contributed by atoms with Gasteiger partial charge in [-0.15, -0.1) is 0 Å². The Morgan fingerprint density at radius 2 is 2.18 bits per heavy atom. The molecule has 0 atom stereocenters. The summed E-state index contributed by atoms with van der Waals surface area (Å²) in [5.41, 5.74) is 1.28. The van der Waals surface area contributed by atoms with Gasteiger partial charge >= 0.3 is 0 Å². The van der Waals surface area contributed by atoms with Crippen LogP contribution >= 0.6 is 0 Å². The van der Waals surface area contributed by atoms with Crippen LogP contribution in [-0.2, 0) is 4.79 Å². The van der Waals surface area contributed by atoms with Crippen molar-refractivity contribution in [3.05, 3.63) is 11.6 Å². The summed E-state index contributed by atoms with van der Waals surface area (Å²) in [5, 5.41) is 0. The molecule has 1 nitrogen and oxygen atoms in total. The molecule has 0 unspecified atom stereocenters. The number of allylic oxidation sites excluding steroid dienone is 2. The van der Waals surface area contributed by atoms with E-state index in [0.29, 0.717) is 5.78 Å². The molecule has 0 aliphatic heterocycles. The van der Waals surface area contributed by atoms with Crippen LogP contribution in [0.5, 0.6) is 0 Å². The van der Waals surface area contributed by atoms with Crippen LogP contribution in [0.15, 0.2) is 11.6 Å². The highest BCUT2D eigenvalue weighted by Crippen LogP contribution is 2.32. The first-order valence-electron chi connectivity index (χ1n) is 4.30. The molecule has 0 amide bonds. The molecule has 0 spiro atoms. The molecule has 1 heteroatoms. The lowest BCUT2D eigenvalue weighted by molar-refractivity contribution is -0.116. The monoisotopic (exact) mass is 152 g/mol. The number of rotatable bonds is 1. The van der Waals surface area contributed by atoms with Crippen LogP contribution in [0.1, 0.15) is 40.0 Å². The smallest absolute Gasteiger partial charge is 0.158 e. The maximum atomic E-state index is 11.2. The molecule has 0 bridgehead atoms. The van der Waals surface area contributed by atoms with Crippen LogP contribution < -0.4 is 0 Å². The van der Waals surface area contributed by atoms with Gasteiger partial charge in [-0.1, -0.05) is 26.8 Å². The van der Waals surface area contributed by atoms with Gasteiger partial charge in [-0.05, 0) is 23.8 Å². The minimum absolute atomic E-state index is 0.249. The maximum Gasteiger partial charge on any atom is 0.158 e. The zero-order chi connectivity index (χ0) is 8.48. The standard InChI is InChI=1S/C10H16O/c1-4-8-7-10(2,3)6-5-9(8)11/h7H,4-6H2,1-3H3. The average Bonchev–Trinajstić information content (AvgIpc) is 1.94. The third kappa shape index (κ3) is 1.92. The lowest BCUT2D eigenvalue weighted by Gasteiger charge is -2.26. The van der Waals surface area contributed by atoms with E-state index in [1.54, 1.807) is 0 Å². The van der Waals surface area contributed by atoms with E-state index >= 15 is 0 Å². The van der Waals surface area contributed by atoms with Crippen molar-refractivity contribution in [1.82, 2.24) is 0 Å². The van der Waals surface area contributed by atoms with Crippen LogP contribution in [0, 0.1) is 5.41 Å². The predicted octanol–water partition coefficient (Wildman–Crippen LogP) is 2.71. The topological polar surface area (TPSA) is 17.1 Å². The first-order chi connectivity index (χ1) is 5.05. The van der Waals surface area contributed by atoms with E-state index in [9.17, 15) is 4.79 Å². The van der Waals surface area contributed by atoms with E-state index in [2.05, 4.69) is 19.9 Å². The van der Waals surface area contributed by atoms with Crippen molar-refractivity contribution in [2.45, 2.75) is 40.0 Å². The highest BCUT2D eigenvalue weighted by molar-refractivity contribution is 5.96. The summed E-state index contributed by atoms with van der Waals surface area (Å²) in [5.74, 6) is 0.354. The Labute approximate surface area is 68.5 Å². The number of hydrogen-bond acceptors (Lipinski definition) is 1. The van der Waals surface area contributed by atoms with E-state index in [4.69, 9.17) is 0 Å². The third-order valence-electron chi connectivity index (χ3n) is 2.30. The van der Waals surface area contributed by atoms with E-state index < -0.39 is 0 Å². The van der Waals surface area contributed by atoms with Gasteiger partial charge < -0.3 is 0 Å².